The normalized spacial score (nSPS) is 11.1. The van der Waals surface area contributed by atoms with Crippen LogP contribution in [-0.2, 0) is 4.79 Å². The summed E-state index contributed by atoms with van der Waals surface area (Å²) in [6.07, 6.45) is 3.02. The summed E-state index contributed by atoms with van der Waals surface area (Å²) in [6.45, 7) is 4.22. The van der Waals surface area contributed by atoms with Crippen molar-refractivity contribution in [2.24, 2.45) is 0 Å². The Hall–Kier alpha value is -2.49. The Labute approximate surface area is 128 Å². The molecule has 0 saturated heterocycles. The third-order valence-corrected chi connectivity index (χ3v) is 3.22. The summed E-state index contributed by atoms with van der Waals surface area (Å²) < 4.78 is 25.8. The number of carbonyl (C=O) groups is 1. The molecule has 0 atom stereocenters. The van der Waals surface area contributed by atoms with Gasteiger partial charge in [-0.3, -0.25) is 4.79 Å². The highest BCUT2D eigenvalue weighted by Crippen LogP contribution is 2.16. The van der Waals surface area contributed by atoms with Crippen molar-refractivity contribution in [1.29, 1.82) is 0 Å². The third-order valence-electron chi connectivity index (χ3n) is 3.22. The Morgan fingerprint density at radius 2 is 1.73 bits per heavy atom. The Morgan fingerprint density at radius 1 is 1.05 bits per heavy atom. The van der Waals surface area contributed by atoms with Crippen LogP contribution in [0.2, 0.25) is 0 Å². The second kappa shape index (κ2) is 6.98. The molecule has 0 spiro atoms. The van der Waals surface area contributed by atoms with E-state index in [0.717, 1.165) is 17.7 Å². The first-order valence-electron chi connectivity index (χ1n) is 7.00. The molecule has 0 saturated carbocycles. The molecule has 1 N–H and O–H groups in total. The quantitative estimate of drug-likeness (QED) is 0.812. The zero-order chi connectivity index (χ0) is 16.1. The van der Waals surface area contributed by atoms with Gasteiger partial charge in [0.15, 0.2) is 11.6 Å². The zero-order valence-electron chi connectivity index (χ0n) is 12.4. The summed E-state index contributed by atoms with van der Waals surface area (Å²) >= 11 is 0. The van der Waals surface area contributed by atoms with Crippen LogP contribution in [0.5, 0.6) is 0 Å². The maximum absolute atomic E-state index is 13.0. The molecular weight excluding hydrogens is 284 g/mol. The molecule has 0 bridgehead atoms. The summed E-state index contributed by atoms with van der Waals surface area (Å²) in [5, 5.41) is 2.48. The molecule has 2 nitrogen and oxygen atoms in total. The molecule has 1 amide bonds. The SMILES string of the molecule is CC(C)c1ccc(/C=C/C(=O)Nc2ccc(F)c(F)c2)cc1. The van der Waals surface area contributed by atoms with Gasteiger partial charge in [0, 0.05) is 17.8 Å². The van der Waals surface area contributed by atoms with Crippen molar-refractivity contribution in [1.82, 2.24) is 0 Å². The van der Waals surface area contributed by atoms with Crippen molar-refractivity contribution in [3.05, 3.63) is 71.3 Å². The molecule has 0 fully saturated rings. The van der Waals surface area contributed by atoms with Crippen LogP contribution in [0.1, 0.15) is 30.9 Å². The highest BCUT2D eigenvalue weighted by Gasteiger charge is 2.04. The molecule has 0 unspecified atom stereocenters. The number of hydrogen-bond donors (Lipinski definition) is 1. The van der Waals surface area contributed by atoms with Crippen molar-refractivity contribution < 1.29 is 13.6 Å². The molecule has 4 heteroatoms. The van der Waals surface area contributed by atoms with Gasteiger partial charge in [-0.15, -0.1) is 0 Å². The molecule has 0 radical (unpaired) electrons. The zero-order valence-corrected chi connectivity index (χ0v) is 12.4. The number of hydrogen-bond acceptors (Lipinski definition) is 1. The highest BCUT2D eigenvalue weighted by atomic mass is 19.2. The van der Waals surface area contributed by atoms with Crippen LogP contribution < -0.4 is 5.32 Å². The molecule has 0 aliphatic heterocycles. The molecule has 2 aromatic rings. The molecule has 0 heterocycles. The van der Waals surface area contributed by atoms with Crippen LogP contribution in [0.4, 0.5) is 14.5 Å². The van der Waals surface area contributed by atoms with Gasteiger partial charge in [-0.1, -0.05) is 38.1 Å². The predicted molar refractivity (Wildman–Crippen MR) is 84.6 cm³/mol. The minimum atomic E-state index is -0.994. The van der Waals surface area contributed by atoms with Gasteiger partial charge >= 0.3 is 0 Å². The van der Waals surface area contributed by atoms with Gasteiger partial charge in [0.1, 0.15) is 0 Å². The lowest BCUT2D eigenvalue weighted by Crippen LogP contribution is -2.08. The third kappa shape index (κ3) is 4.25. The van der Waals surface area contributed by atoms with Gasteiger partial charge in [-0.05, 0) is 35.3 Å². The Balaban J connectivity index is 2.00. The van der Waals surface area contributed by atoms with E-state index in [-0.39, 0.29) is 5.69 Å². The second-order valence-electron chi connectivity index (χ2n) is 5.27. The average molecular weight is 301 g/mol. The number of halogens is 2. The highest BCUT2D eigenvalue weighted by molar-refractivity contribution is 6.01. The summed E-state index contributed by atoms with van der Waals surface area (Å²) in [7, 11) is 0. The Morgan fingerprint density at radius 3 is 2.32 bits per heavy atom. The fourth-order valence-electron chi connectivity index (χ4n) is 1.92. The first kappa shape index (κ1) is 15.9. The number of benzene rings is 2. The summed E-state index contributed by atoms with van der Waals surface area (Å²) in [5.74, 6) is -1.89. The number of anilines is 1. The lowest BCUT2D eigenvalue weighted by Gasteiger charge is -2.05. The monoisotopic (exact) mass is 301 g/mol. The minimum absolute atomic E-state index is 0.212. The maximum atomic E-state index is 13.0. The number of nitrogens with one attached hydrogen (secondary N) is 1. The molecule has 22 heavy (non-hydrogen) atoms. The molecule has 114 valence electrons. The fourth-order valence-corrected chi connectivity index (χ4v) is 1.92. The second-order valence-corrected chi connectivity index (χ2v) is 5.27. The van der Waals surface area contributed by atoms with E-state index in [1.807, 2.05) is 24.3 Å². The van der Waals surface area contributed by atoms with Crippen molar-refractivity contribution in [3.63, 3.8) is 0 Å². The van der Waals surface area contributed by atoms with Crippen LogP contribution in [-0.4, -0.2) is 5.91 Å². The van der Waals surface area contributed by atoms with Crippen LogP contribution in [0.15, 0.2) is 48.5 Å². The van der Waals surface area contributed by atoms with Crippen LogP contribution in [0, 0.1) is 11.6 Å². The Kier molecular flexibility index (Phi) is 5.04. The lowest BCUT2D eigenvalue weighted by molar-refractivity contribution is -0.111. The van der Waals surface area contributed by atoms with Gasteiger partial charge in [0.2, 0.25) is 5.91 Å². The molecule has 2 aromatic carbocycles. The number of carbonyl (C=O) groups excluding carboxylic acids is 1. The van der Waals surface area contributed by atoms with Crippen molar-refractivity contribution in [2.45, 2.75) is 19.8 Å². The maximum Gasteiger partial charge on any atom is 0.248 e. The molecule has 2 rings (SSSR count). The molecular formula is C18H17F2NO. The summed E-state index contributed by atoms with van der Waals surface area (Å²) in [4.78, 5) is 11.7. The molecule has 0 aromatic heterocycles. The van der Waals surface area contributed by atoms with E-state index < -0.39 is 17.5 Å². The van der Waals surface area contributed by atoms with Crippen molar-refractivity contribution in [2.75, 3.05) is 5.32 Å². The summed E-state index contributed by atoms with van der Waals surface area (Å²) in [6, 6.07) is 11.1. The van der Waals surface area contributed by atoms with Crippen molar-refractivity contribution >= 4 is 17.7 Å². The largest absolute Gasteiger partial charge is 0.322 e. The first-order chi connectivity index (χ1) is 10.5. The van der Waals surface area contributed by atoms with Crippen LogP contribution >= 0.6 is 0 Å². The molecule has 0 aliphatic rings. The van der Waals surface area contributed by atoms with Gasteiger partial charge in [0.05, 0.1) is 0 Å². The van der Waals surface area contributed by atoms with Gasteiger partial charge < -0.3 is 5.32 Å². The predicted octanol–water partition coefficient (Wildman–Crippen LogP) is 4.74. The molecule has 0 aliphatic carbocycles. The summed E-state index contributed by atoms with van der Waals surface area (Å²) in [5.41, 5.74) is 2.33. The van der Waals surface area contributed by atoms with E-state index in [0.29, 0.717) is 5.92 Å². The van der Waals surface area contributed by atoms with Gasteiger partial charge in [-0.25, -0.2) is 8.78 Å². The van der Waals surface area contributed by atoms with E-state index in [2.05, 4.69) is 19.2 Å². The van der Waals surface area contributed by atoms with E-state index >= 15 is 0 Å². The van der Waals surface area contributed by atoms with E-state index in [1.165, 1.54) is 17.7 Å². The lowest BCUT2D eigenvalue weighted by atomic mass is 10.0. The van der Waals surface area contributed by atoms with Gasteiger partial charge in [0.25, 0.3) is 0 Å². The van der Waals surface area contributed by atoms with Crippen LogP contribution in [0.25, 0.3) is 6.08 Å². The smallest absolute Gasteiger partial charge is 0.248 e. The van der Waals surface area contributed by atoms with E-state index in [4.69, 9.17) is 0 Å². The van der Waals surface area contributed by atoms with Crippen molar-refractivity contribution in [3.8, 4) is 0 Å². The first-order valence-corrected chi connectivity index (χ1v) is 7.00. The van der Waals surface area contributed by atoms with E-state index in [9.17, 15) is 13.6 Å². The fraction of sp³-hybridized carbons (Fsp3) is 0.167. The minimum Gasteiger partial charge on any atom is -0.322 e. The standard InChI is InChI=1S/C18H17F2NO/c1-12(2)14-6-3-13(4-7-14)5-10-18(22)21-15-8-9-16(19)17(20)11-15/h3-12H,1-2H3,(H,21,22)/b10-5+. The average Bonchev–Trinajstić information content (AvgIpc) is 2.49. The van der Waals surface area contributed by atoms with Crippen LogP contribution in [0.3, 0.4) is 0 Å². The number of amides is 1. The van der Waals surface area contributed by atoms with E-state index in [1.54, 1.807) is 6.08 Å². The number of rotatable bonds is 4. The van der Waals surface area contributed by atoms with Gasteiger partial charge in [-0.2, -0.15) is 0 Å². The Bertz CT molecular complexity index is 691. The topological polar surface area (TPSA) is 29.1 Å².